The molecule has 2 N–H and O–H groups in total. The third kappa shape index (κ3) is 3.22. The molecule has 1 aliphatic heterocycles. The number of hydrogen-bond acceptors (Lipinski definition) is 5. The highest BCUT2D eigenvalue weighted by atomic mass is 16.3. The lowest BCUT2D eigenvalue weighted by atomic mass is 9.96. The number of hydrogen-bond donors (Lipinski definition) is 2. The highest BCUT2D eigenvalue weighted by Crippen LogP contribution is 2.26. The van der Waals surface area contributed by atoms with Crippen LogP contribution in [0.1, 0.15) is 41.9 Å². The van der Waals surface area contributed by atoms with Gasteiger partial charge in [0.2, 0.25) is 0 Å². The predicted molar refractivity (Wildman–Crippen MR) is 103 cm³/mol. The number of nitrogens with one attached hydrogen (secondary N) is 1. The van der Waals surface area contributed by atoms with Crippen molar-refractivity contribution in [2.24, 2.45) is 0 Å². The quantitative estimate of drug-likeness (QED) is 0.681. The molecule has 0 saturated carbocycles. The number of likely N-dealkylation sites (tertiary alicyclic amines) is 1. The Kier molecular flexibility index (Phi) is 4.99. The van der Waals surface area contributed by atoms with Crippen molar-refractivity contribution in [3.05, 3.63) is 46.4 Å². The van der Waals surface area contributed by atoms with E-state index in [0.717, 1.165) is 29.7 Å². The first kappa shape index (κ1) is 18.4. The summed E-state index contributed by atoms with van der Waals surface area (Å²) in [6.45, 7) is 4.21. The Balaban J connectivity index is 1.56. The molecule has 0 bridgehead atoms. The van der Waals surface area contributed by atoms with Gasteiger partial charge in [-0.15, -0.1) is 0 Å². The summed E-state index contributed by atoms with van der Waals surface area (Å²) in [6, 6.07) is 5.47. The second-order valence-corrected chi connectivity index (χ2v) is 7.09. The van der Waals surface area contributed by atoms with Crippen LogP contribution in [-0.2, 0) is 13.1 Å². The van der Waals surface area contributed by atoms with Crippen molar-refractivity contribution in [1.82, 2.24) is 29.2 Å². The Labute approximate surface area is 161 Å². The van der Waals surface area contributed by atoms with Gasteiger partial charge in [0.25, 0.3) is 5.91 Å². The van der Waals surface area contributed by atoms with Crippen molar-refractivity contribution >= 4 is 16.9 Å². The zero-order valence-electron chi connectivity index (χ0n) is 15.8. The van der Waals surface area contributed by atoms with Gasteiger partial charge in [-0.05, 0) is 38.0 Å². The topological polar surface area (TPSA) is 109 Å². The average molecular weight is 384 g/mol. The molecule has 4 rings (SSSR count). The number of carbonyl (C=O) groups excluding carboxylic acids is 1. The van der Waals surface area contributed by atoms with Crippen LogP contribution in [-0.4, -0.2) is 59.9 Å². The van der Waals surface area contributed by atoms with E-state index in [1.165, 1.54) is 0 Å². The molecule has 0 radical (unpaired) electrons. The fourth-order valence-corrected chi connectivity index (χ4v) is 3.98. The van der Waals surface area contributed by atoms with Gasteiger partial charge in [0.05, 0.1) is 24.0 Å². The highest BCUT2D eigenvalue weighted by molar-refractivity contribution is 5.97. The molecule has 9 heteroatoms. The van der Waals surface area contributed by atoms with Crippen LogP contribution in [0.5, 0.6) is 0 Å². The van der Waals surface area contributed by atoms with Crippen LogP contribution < -0.4 is 5.69 Å². The fourth-order valence-electron chi connectivity index (χ4n) is 3.98. The average Bonchev–Trinajstić information content (AvgIpc) is 3.30. The molecule has 2 aromatic heterocycles. The van der Waals surface area contributed by atoms with Gasteiger partial charge in [-0.3, -0.25) is 9.36 Å². The van der Waals surface area contributed by atoms with E-state index in [2.05, 4.69) is 15.2 Å². The standard InChI is InChI=1S/C19H24N6O3/c1-2-25-17(21-22-19(25)28)14-4-3-7-23(11-14)18(27)13-5-6-16-15(10-13)20-12-24(16)8-9-26/h5-6,10,12,14,26H,2-4,7-9,11H2,1H3,(H,22,28)/t14-/m1/s1. The number of carbonyl (C=O) groups is 1. The van der Waals surface area contributed by atoms with E-state index >= 15 is 0 Å². The second-order valence-electron chi connectivity index (χ2n) is 7.09. The summed E-state index contributed by atoms with van der Waals surface area (Å²) in [5.74, 6) is 0.733. The van der Waals surface area contributed by atoms with E-state index in [9.17, 15) is 9.59 Å². The SMILES string of the molecule is CCn1c([C@@H]2CCCN(C(=O)c3ccc4c(c3)ncn4CCO)C2)n[nH]c1=O. The monoisotopic (exact) mass is 384 g/mol. The number of amides is 1. The van der Waals surface area contributed by atoms with Crippen LogP contribution in [0.3, 0.4) is 0 Å². The van der Waals surface area contributed by atoms with Crippen LogP contribution in [0.2, 0.25) is 0 Å². The molecule has 0 unspecified atom stereocenters. The number of aliphatic hydroxyl groups excluding tert-OH is 1. The van der Waals surface area contributed by atoms with Crippen LogP contribution >= 0.6 is 0 Å². The smallest absolute Gasteiger partial charge is 0.343 e. The van der Waals surface area contributed by atoms with E-state index in [1.807, 2.05) is 22.5 Å². The molecule has 1 aromatic carbocycles. The number of aliphatic hydroxyl groups is 1. The summed E-state index contributed by atoms with van der Waals surface area (Å²) in [5.41, 5.74) is 2.02. The van der Waals surface area contributed by atoms with Crippen molar-refractivity contribution < 1.29 is 9.90 Å². The zero-order valence-corrected chi connectivity index (χ0v) is 15.8. The fraction of sp³-hybridized carbons (Fsp3) is 0.474. The Morgan fingerprint density at radius 2 is 2.25 bits per heavy atom. The van der Waals surface area contributed by atoms with Gasteiger partial charge in [-0.25, -0.2) is 14.9 Å². The molecule has 28 heavy (non-hydrogen) atoms. The summed E-state index contributed by atoms with van der Waals surface area (Å²) < 4.78 is 3.50. The molecule has 0 spiro atoms. The molecule has 1 saturated heterocycles. The zero-order chi connectivity index (χ0) is 19.7. The highest BCUT2D eigenvalue weighted by Gasteiger charge is 2.29. The molecule has 9 nitrogen and oxygen atoms in total. The number of aromatic amines is 1. The number of piperidine rings is 1. The first-order valence-corrected chi connectivity index (χ1v) is 9.62. The molecule has 148 valence electrons. The first-order valence-electron chi connectivity index (χ1n) is 9.62. The lowest BCUT2D eigenvalue weighted by Crippen LogP contribution is -2.40. The lowest BCUT2D eigenvalue weighted by molar-refractivity contribution is 0.0703. The van der Waals surface area contributed by atoms with E-state index < -0.39 is 0 Å². The number of fused-ring (bicyclic) bond motifs is 1. The predicted octanol–water partition coefficient (Wildman–Crippen LogP) is 0.953. The van der Waals surface area contributed by atoms with Crippen molar-refractivity contribution in [2.75, 3.05) is 19.7 Å². The van der Waals surface area contributed by atoms with Gasteiger partial charge in [0, 0.05) is 37.7 Å². The number of aromatic nitrogens is 5. The van der Waals surface area contributed by atoms with Crippen molar-refractivity contribution in [2.45, 2.75) is 38.8 Å². The molecule has 1 aliphatic rings. The summed E-state index contributed by atoms with van der Waals surface area (Å²) >= 11 is 0. The molecular weight excluding hydrogens is 360 g/mol. The number of benzene rings is 1. The second kappa shape index (κ2) is 7.59. The molecule has 1 fully saturated rings. The van der Waals surface area contributed by atoms with Gasteiger partial charge in [-0.2, -0.15) is 5.10 Å². The first-order chi connectivity index (χ1) is 13.6. The maximum Gasteiger partial charge on any atom is 0.343 e. The summed E-state index contributed by atoms with van der Waals surface area (Å²) in [4.78, 5) is 31.1. The minimum absolute atomic E-state index is 0.0377. The molecule has 3 aromatic rings. The van der Waals surface area contributed by atoms with Crippen molar-refractivity contribution in [3.63, 3.8) is 0 Å². The Morgan fingerprint density at radius 3 is 3.04 bits per heavy atom. The number of H-pyrrole nitrogens is 1. The van der Waals surface area contributed by atoms with Crippen LogP contribution in [0.25, 0.3) is 11.0 Å². The maximum absolute atomic E-state index is 13.1. The minimum Gasteiger partial charge on any atom is -0.395 e. The van der Waals surface area contributed by atoms with Gasteiger partial charge in [-0.1, -0.05) is 0 Å². The van der Waals surface area contributed by atoms with Crippen LogP contribution in [0.4, 0.5) is 0 Å². The summed E-state index contributed by atoms with van der Waals surface area (Å²) in [7, 11) is 0. The third-order valence-electron chi connectivity index (χ3n) is 5.39. The third-order valence-corrected chi connectivity index (χ3v) is 5.39. The molecule has 3 heterocycles. The van der Waals surface area contributed by atoms with E-state index in [0.29, 0.717) is 31.7 Å². The molecule has 1 amide bonds. The van der Waals surface area contributed by atoms with Crippen LogP contribution in [0, 0.1) is 0 Å². The molecule has 1 atom stereocenters. The lowest BCUT2D eigenvalue weighted by Gasteiger charge is -2.32. The number of rotatable bonds is 5. The van der Waals surface area contributed by atoms with Crippen molar-refractivity contribution in [3.8, 4) is 0 Å². The summed E-state index contributed by atoms with van der Waals surface area (Å²) in [5, 5.41) is 15.8. The van der Waals surface area contributed by atoms with Gasteiger partial charge < -0.3 is 14.6 Å². The molecular formula is C19H24N6O3. The minimum atomic E-state index is -0.204. The Bertz CT molecular complexity index is 1050. The van der Waals surface area contributed by atoms with E-state index in [1.54, 1.807) is 23.0 Å². The number of nitrogens with zero attached hydrogens (tertiary/aromatic N) is 5. The van der Waals surface area contributed by atoms with Gasteiger partial charge in [0.15, 0.2) is 0 Å². The number of imidazole rings is 1. The Hall–Kier alpha value is -2.94. The van der Waals surface area contributed by atoms with E-state index in [4.69, 9.17) is 5.11 Å². The molecule has 0 aliphatic carbocycles. The Morgan fingerprint density at radius 1 is 1.39 bits per heavy atom. The van der Waals surface area contributed by atoms with Crippen LogP contribution in [0.15, 0.2) is 29.3 Å². The maximum atomic E-state index is 13.1. The van der Waals surface area contributed by atoms with Crippen molar-refractivity contribution in [1.29, 1.82) is 0 Å². The van der Waals surface area contributed by atoms with Gasteiger partial charge >= 0.3 is 5.69 Å². The van der Waals surface area contributed by atoms with Gasteiger partial charge in [0.1, 0.15) is 5.82 Å². The normalized spacial score (nSPS) is 17.4. The largest absolute Gasteiger partial charge is 0.395 e. The summed E-state index contributed by atoms with van der Waals surface area (Å²) in [6.07, 6.45) is 3.45. The van der Waals surface area contributed by atoms with E-state index in [-0.39, 0.29) is 24.1 Å².